The third-order valence-electron chi connectivity index (χ3n) is 14.3. The number of unbranched alkanes of at least 4 members (excludes halogenated alkanes) is 26. The fraction of sp³-hybridized carbons (Fsp3) is 0.567. The number of fused-ring (bicyclic) bond motifs is 4. The van der Waals surface area contributed by atoms with Gasteiger partial charge in [-0.25, -0.2) is 9.59 Å². The first-order valence-electron chi connectivity index (χ1n) is 27.0. The van der Waals surface area contributed by atoms with Crippen molar-refractivity contribution in [2.24, 2.45) is 0 Å². The van der Waals surface area contributed by atoms with E-state index in [4.69, 9.17) is 9.47 Å². The smallest absolute Gasteiger partial charge is 0.348 e. The quantitative estimate of drug-likeness (QED) is 0.0311. The van der Waals surface area contributed by atoms with Crippen LogP contribution >= 0.6 is 34.0 Å². The molecule has 2 aromatic carbocycles. The van der Waals surface area contributed by atoms with Crippen LogP contribution in [0.4, 0.5) is 0 Å². The lowest BCUT2D eigenvalue weighted by Gasteiger charge is -2.12. The van der Waals surface area contributed by atoms with Crippen molar-refractivity contribution in [3.63, 3.8) is 0 Å². The zero-order chi connectivity index (χ0) is 46.8. The summed E-state index contributed by atoms with van der Waals surface area (Å²) in [6.45, 7) is 8.48. The van der Waals surface area contributed by atoms with Crippen molar-refractivity contribution in [2.45, 2.75) is 220 Å². The molecule has 0 aliphatic carbocycles. The molecule has 0 spiro atoms. The van der Waals surface area contributed by atoms with Crippen LogP contribution in [0.1, 0.15) is 223 Å². The van der Waals surface area contributed by atoms with Crippen LogP contribution in [0, 0.1) is 6.92 Å². The molecule has 3 aromatic heterocycles. The Morgan fingerprint density at radius 1 is 0.418 bits per heavy atom. The van der Waals surface area contributed by atoms with Crippen LogP contribution in [0.15, 0.2) is 65.4 Å². The van der Waals surface area contributed by atoms with Crippen molar-refractivity contribution in [2.75, 3.05) is 0 Å². The first-order chi connectivity index (χ1) is 32.9. The Labute approximate surface area is 416 Å². The summed E-state index contributed by atoms with van der Waals surface area (Å²) in [5.74, 6) is -0.354. The maximum atomic E-state index is 12.9. The van der Waals surface area contributed by atoms with Gasteiger partial charge in [-0.15, -0.1) is 34.0 Å². The van der Waals surface area contributed by atoms with E-state index in [1.165, 1.54) is 230 Å². The minimum Gasteiger partial charge on any atom is -0.427 e. The summed E-state index contributed by atoms with van der Waals surface area (Å²) in [5, 5.41) is 0. The summed E-state index contributed by atoms with van der Waals surface area (Å²) in [5.41, 5.74) is 8.03. The summed E-state index contributed by atoms with van der Waals surface area (Å²) in [4.78, 5) is 28.4. The standard InChI is InChI=1S/C60H80O4S3/c1-5-7-9-11-13-15-17-19-21-23-25-27-29-31-33-45-39-43(3)35-37-48(45)50-41-52-57(66-50)58-53(65-52)42-51(67-58)49-38-36-47(56-55-54(59(61)64-56)44(4)63-60(55)62)40-46(49)34-32-30-28-26-24-22-20-18-16-14-12-10-8-6-2/h35-42H,5-34H2,1-4H3. The van der Waals surface area contributed by atoms with Crippen LogP contribution in [0.5, 0.6) is 0 Å². The number of aryl methyl sites for hydroxylation is 3. The number of hydrogen-bond donors (Lipinski definition) is 0. The van der Waals surface area contributed by atoms with Crippen LogP contribution in [0.25, 0.3) is 45.4 Å². The molecule has 0 bridgehead atoms. The largest absolute Gasteiger partial charge is 0.427 e. The van der Waals surface area contributed by atoms with E-state index < -0.39 is 11.9 Å². The van der Waals surface area contributed by atoms with Crippen LogP contribution in [0.2, 0.25) is 0 Å². The maximum absolute atomic E-state index is 12.9. The lowest BCUT2D eigenvalue weighted by molar-refractivity contribution is -0.133. The molecule has 5 aromatic rings. The molecule has 0 saturated carbocycles. The van der Waals surface area contributed by atoms with Crippen molar-refractivity contribution in [3.8, 4) is 20.9 Å². The van der Waals surface area contributed by atoms with Gasteiger partial charge in [-0.2, -0.15) is 0 Å². The number of hydrogen-bond acceptors (Lipinski definition) is 7. The highest BCUT2D eigenvalue weighted by molar-refractivity contribution is 7.40. The fourth-order valence-electron chi connectivity index (χ4n) is 10.3. The van der Waals surface area contributed by atoms with E-state index in [-0.39, 0.29) is 11.1 Å². The number of ether oxygens (including phenoxy) is 2. The number of allylic oxidation sites excluding steroid dienone is 1. The van der Waals surface area contributed by atoms with E-state index in [0.717, 1.165) is 24.8 Å². The zero-order valence-corrected chi connectivity index (χ0v) is 44.1. The molecule has 362 valence electrons. The first kappa shape index (κ1) is 51.3. The summed E-state index contributed by atoms with van der Waals surface area (Å²) >= 11 is 5.79. The molecular formula is C60H80O4S3. The molecule has 67 heavy (non-hydrogen) atoms. The van der Waals surface area contributed by atoms with Crippen molar-refractivity contribution < 1.29 is 19.1 Å². The molecule has 0 saturated heterocycles. The summed E-state index contributed by atoms with van der Waals surface area (Å²) in [6, 6.07) is 18.3. The number of benzene rings is 2. The number of rotatable bonds is 33. The van der Waals surface area contributed by atoms with E-state index in [1.54, 1.807) is 6.92 Å². The van der Waals surface area contributed by atoms with Gasteiger partial charge in [-0.1, -0.05) is 217 Å². The monoisotopic (exact) mass is 961 g/mol. The van der Waals surface area contributed by atoms with Gasteiger partial charge < -0.3 is 9.47 Å². The van der Waals surface area contributed by atoms with Crippen molar-refractivity contribution in [1.29, 1.82) is 0 Å². The predicted octanol–water partition coefficient (Wildman–Crippen LogP) is 20.0. The Kier molecular flexibility index (Phi) is 20.7. The van der Waals surface area contributed by atoms with E-state index in [2.05, 4.69) is 63.2 Å². The summed E-state index contributed by atoms with van der Waals surface area (Å²) < 4.78 is 16.7. The molecule has 4 nitrogen and oxygen atoms in total. The van der Waals surface area contributed by atoms with Gasteiger partial charge in [0, 0.05) is 24.7 Å². The van der Waals surface area contributed by atoms with Crippen molar-refractivity contribution in [3.05, 3.63) is 87.7 Å². The van der Waals surface area contributed by atoms with E-state index in [1.807, 2.05) is 40.1 Å². The van der Waals surface area contributed by atoms with Crippen LogP contribution in [-0.4, -0.2) is 11.9 Å². The minimum absolute atomic E-state index is 0.265. The molecule has 0 unspecified atom stereocenters. The Balaban J connectivity index is 0.976. The second-order valence-corrected chi connectivity index (χ2v) is 23.0. The van der Waals surface area contributed by atoms with Gasteiger partial charge in [-0.3, -0.25) is 0 Å². The number of carbonyl (C=O) groups excluding carboxylic acids is 2. The topological polar surface area (TPSA) is 52.6 Å². The lowest BCUT2D eigenvalue weighted by Crippen LogP contribution is -2.01. The van der Waals surface area contributed by atoms with Gasteiger partial charge in [0.05, 0.1) is 9.40 Å². The number of cyclic esters (lactones) is 2. The number of thiophene rings is 3. The van der Waals surface area contributed by atoms with E-state index in [0.29, 0.717) is 11.5 Å². The van der Waals surface area contributed by atoms with E-state index >= 15 is 0 Å². The van der Waals surface area contributed by atoms with Gasteiger partial charge in [0.15, 0.2) is 5.76 Å². The molecule has 7 rings (SSSR count). The first-order valence-corrected chi connectivity index (χ1v) is 29.4. The molecule has 2 aliphatic rings. The maximum Gasteiger partial charge on any atom is 0.348 e. The second kappa shape index (κ2) is 27.0. The third kappa shape index (κ3) is 14.3. The normalized spacial score (nSPS) is 13.9. The number of esters is 2. The molecular weight excluding hydrogens is 881 g/mol. The second-order valence-electron chi connectivity index (χ2n) is 19.8. The molecule has 0 fully saturated rings. The SMILES string of the molecule is CCCCCCCCCCCCCCCCc1cc(C)ccc1-c1cc2sc3cc(-c4ccc(C5=C6C(=O)OC(C)=C6C(=O)O5)cc4CCCCCCCCCCCCCCCC)sc3c2s1. The van der Waals surface area contributed by atoms with Crippen LogP contribution in [-0.2, 0) is 31.9 Å². The Bertz CT molecular complexity index is 2440. The molecule has 2 aliphatic heterocycles. The molecule has 0 N–H and O–H groups in total. The summed E-state index contributed by atoms with van der Waals surface area (Å²) in [7, 11) is 0. The Morgan fingerprint density at radius 2 is 0.821 bits per heavy atom. The minimum atomic E-state index is -0.503. The molecule has 0 radical (unpaired) electrons. The molecule has 5 heterocycles. The van der Waals surface area contributed by atoms with Crippen LogP contribution in [0.3, 0.4) is 0 Å². The lowest BCUT2D eigenvalue weighted by atomic mass is 9.95. The molecule has 7 heteroatoms. The van der Waals surface area contributed by atoms with Gasteiger partial charge in [0.2, 0.25) is 0 Å². The summed E-state index contributed by atoms with van der Waals surface area (Å²) in [6.07, 6.45) is 40.2. The van der Waals surface area contributed by atoms with Crippen LogP contribution < -0.4 is 0 Å². The highest BCUT2D eigenvalue weighted by Gasteiger charge is 2.43. The molecule has 0 atom stereocenters. The fourth-order valence-corrected chi connectivity index (χ4v) is 14.5. The molecule has 0 amide bonds. The highest BCUT2D eigenvalue weighted by atomic mass is 32.1. The Hall–Kier alpha value is -3.52. The average Bonchev–Trinajstić information content (AvgIpc) is 4.14. The van der Waals surface area contributed by atoms with Gasteiger partial charge in [-0.05, 0) is 80.0 Å². The van der Waals surface area contributed by atoms with Gasteiger partial charge >= 0.3 is 11.9 Å². The van der Waals surface area contributed by atoms with Crippen molar-refractivity contribution >= 4 is 70.5 Å². The number of carbonyl (C=O) groups is 2. The average molecular weight is 961 g/mol. The van der Waals surface area contributed by atoms with Crippen molar-refractivity contribution in [1.82, 2.24) is 0 Å². The highest BCUT2D eigenvalue weighted by Crippen LogP contribution is 2.49. The van der Waals surface area contributed by atoms with Gasteiger partial charge in [0.25, 0.3) is 0 Å². The predicted molar refractivity (Wildman–Crippen MR) is 291 cm³/mol. The van der Waals surface area contributed by atoms with E-state index in [9.17, 15) is 9.59 Å². The zero-order valence-electron chi connectivity index (χ0n) is 41.7. The third-order valence-corrected chi connectivity index (χ3v) is 18.1. The Morgan fingerprint density at radius 3 is 1.28 bits per heavy atom. The van der Waals surface area contributed by atoms with Gasteiger partial charge in [0.1, 0.15) is 16.9 Å².